The van der Waals surface area contributed by atoms with Gasteiger partial charge < -0.3 is 9.94 Å². The van der Waals surface area contributed by atoms with Crippen molar-refractivity contribution in [3.8, 4) is 5.75 Å². The lowest BCUT2D eigenvalue weighted by Gasteiger charge is -2.06. The number of halogens is 2. The molecule has 0 amide bonds. The minimum absolute atomic E-state index is 0.345. The van der Waals surface area contributed by atoms with E-state index in [0.29, 0.717) is 28.9 Å². The summed E-state index contributed by atoms with van der Waals surface area (Å²) in [7, 11) is 0. The third kappa shape index (κ3) is 3.40. The third-order valence-corrected chi connectivity index (χ3v) is 1.90. The van der Waals surface area contributed by atoms with Crippen LogP contribution in [-0.2, 0) is 0 Å². The smallest absolute Gasteiger partial charge is 0.138 e. The molecule has 1 aromatic rings. The van der Waals surface area contributed by atoms with Crippen molar-refractivity contribution in [3.05, 3.63) is 28.2 Å². The number of benzene rings is 1. The highest BCUT2D eigenvalue weighted by Crippen LogP contribution is 2.27. The molecule has 0 bridgehead atoms. The molecular formula is C8H9Cl2NO2. The van der Waals surface area contributed by atoms with Gasteiger partial charge in [0.05, 0.1) is 11.6 Å². The van der Waals surface area contributed by atoms with Crippen LogP contribution in [0.25, 0.3) is 0 Å². The van der Waals surface area contributed by atoms with Crippen LogP contribution in [0.1, 0.15) is 0 Å². The van der Waals surface area contributed by atoms with E-state index in [4.69, 9.17) is 33.1 Å². The lowest BCUT2D eigenvalue weighted by molar-refractivity contribution is 0.145. The summed E-state index contributed by atoms with van der Waals surface area (Å²) in [6, 6.07) is 4.97. The van der Waals surface area contributed by atoms with Crippen LogP contribution in [0.15, 0.2) is 18.2 Å². The Hall–Kier alpha value is -0.480. The molecule has 2 N–H and O–H groups in total. The number of ether oxygens (including phenoxy) is 1. The normalized spacial score (nSPS) is 10.1. The Morgan fingerprint density at radius 2 is 2.15 bits per heavy atom. The average Bonchev–Trinajstić information content (AvgIpc) is 2.09. The number of hydroxylamine groups is 1. The predicted octanol–water partition coefficient (Wildman–Crippen LogP) is 2.35. The molecule has 0 atom stereocenters. The van der Waals surface area contributed by atoms with Gasteiger partial charge in [0.2, 0.25) is 0 Å². The minimum Gasteiger partial charge on any atom is -0.491 e. The SMILES string of the molecule is ONCCOc1ccc(Cl)cc1Cl. The topological polar surface area (TPSA) is 41.5 Å². The highest BCUT2D eigenvalue weighted by atomic mass is 35.5. The molecule has 5 heteroatoms. The first-order valence-corrected chi connectivity index (χ1v) is 4.44. The molecule has 3 nitrogen and oxygen atoms in total. The Bertz CT molecular complexity index is 281. The summed E-state index contributed by atoms with van der Waals surface area (Å²) < 4.78 is 5.22. The molecule has 0 aromatic heterocycles. The molecule has 13 heavy (non-hydrogen) atoms. The van der Waals surface area contributed by atoms with Crippen molar-refractivity contribution in [2.75, 3.05) is 13.2 Å². The summed E-state index contributed by atoms with van der Waals surface area (Å²) in [6.45, 7) is 0.691. The van der Waals surface area contributed by atoms with Crippen molar-refractivity contribution in [3.63, 3.8) is 0 Å². The first-order valence-electron chi connectivity index (χ1n) is 3.69. The quantitative estimate of drug-likeness (QED) is 0.606. The molecule has 1 aromatic carbocycles. The standard InChI is InChI=1S/C8H9Cl2NO2/c9-6-1-2-8(7(10)5-6)13-4-3-11-12/h1-2,5,11-12H,3-4H2. The van der Waals surface area contributed by atoms with E-state index in [1.165, 1.54) is 0 Å². The molecule has 0 spiro atoms. The third-order valence-electron chi connectivity index (χ3n) is 1.37. The molecule has 0 heterocycles. The Kier molecular flexibility index (Phi) is 4.32. The van der Waals surface area contributed by atoms with Gasteiger partial charge in [0, 0.05) is 5.02 Å². The summed E-state index contributed by atoms with van der Waals surface area (Å²) in [5.41, 5.74) is 1.97. The molecule has 0 radical (unpaired) electrons. The van der Waals surface area contributed by atoms with Crippen molar-refractivity contribution in [2.24, 2.45) is 0 Å². The van der Waals surface area contributed by atoms with Crippen LogP contribution in [-0.4, -0.2) is 18.4 Å². The van der Waals surface area contributed by atoms with Crippen LogP contribution < -0.4 is 10.2 Å². The zero-order valence-electron chi connectivity index (χ0n) is 6.76. The summed E-state index contributed by atoms with van der Waals surface area (Å²) >= 11 is 11.5. The first-order chi connectivity index (χ1) is 6.24. The lowest BCUT2D eigenvalue weighted by atomic mass is 10.3. The Morgan fingerprint density at radius 3 is 2.77 bits per heavy atom. The molecule has 72 valence electrons. The fraction of sp³-hybridized carbons (Fsp3) is 0.250. The Balaban J connectivity index is 2.56. The van der Waals surface area contributed by atoms with Crippen molar-refractivity contribution >= 4 is 23.2 Å². The second-order valence-corrected chi connectivity index (χ2v) is 3.17. The summed E-state index contributed by atoms with van der Waals surface area (Å²) in [5, 5.41) is 9.30. The van der Waals surface area contributed by atoms with Crippen LogP contribution in [0.5, 0.6) is 5.75 Å². The van der Waals surface area contributed by atoms with E-state index in [1.807, 2.05) is 5.48 Å². The maximum Gasteiger partial charge on any atom is 0.138 e. The van der Waals surface area contributed by atoms with Gasteiger partial charge in [-0.2, -0.15) is 0 Å². The highest BCUT2D eigenvalue weighted by Gasteiger charge is 2.01. The highest BCUT2D eigenvalue weighted by molar-refractivity contribution is 6.35. The van der Waals surface area contributed by atoms with Crippen molar-refractivity contribution in [1.29, 1.82) is 0 Å². The van der Waals surface area contributed by atoms with Gasteiger partial charge in [0.1, 0.15) is 12.4 Å². The largest absolute Gasteiger partial charge is 0.491 e. The van der Waals surface area contributed by atoms with E-state index >= 15 is 0 Å². The van der Waals surface area contributed by atoms with Crippen molar-refractivity contribution < 1.29 is 9.94 Å². The van der Waals surface area contributed by atoms with Gasteiger partial charge in [-0.1, -0.05) is 23.2 Å². The fourth-order valence-corrected chi connectivity index (χ4v) is 1.26. The van der Waals surface area contributed by atoms with Crippen LogP contribution in [0.3, 0.4) is 0 Å². The maximum atomic E-state index is 8.27. The Morgan fingerprint density at radius 1 is 1.38 bits per heavy atom. The number of rotatable bonds is 4. The van der Waals surface area contributed by atoms with Gasteiger partial charge in [-0.15, -0.1) is 0 Å². The first kappa shape index (κ1) is 10.6. The van der Waals surface area contributed by atoms with Gasteiger partial charge in [0.15, 0.2) is 0 Å². The van der Waals surface area contributed by atoms with E-state index in [1.54, 1.807) is 18.2 Å². The molecule has 0 saturated heterocycles. The van der Waals surface area contributed by atoms with Crippen LogP contribution in [0.4, 0.5) is 0 Å². The summed E-state index contributed by atoms with van der Waals surface area (Å²) in [6.07, 6.45) is 0. The number of hydrogen-bond donors (Lipinski definition) is 2. The molecule has 0 unspecified atom stereocenters. The Labute approximate surface area is 86.2 Å². The lowest BCUT2D eigenvalue weighted by Crippen LogP contribution is -2.16. The number of hydrogen-bond acceptors (Lipinski definition) is 3. The fourth-order valence-electron chi connectivity index (χ4n) is 0.799. The molecule has 1 rings (SSSR count). The molecule has 0 fully saturated rings. The van der Waals surface area contributed by atoms with Crippen LogP contribution >= 0.6 is 23.2 Å². The second-order valence-electron chi connectivity index (χ2n) is 2.33. The number of nitrogens with one attached hydrogen (secondary N) is 1. The van der Waals surface area contributed by atoms with Gasteiger partial charge in [-0.3, -0.25) is 0 Å². The molecule has 0 aliphatic heterocycles. The zero-order chi connectivity index (χ0) is 9.68. The average molecular weight is 222 g/mol. The second kappa shape index (κ2) is 5.29. The van der Waals surface area contributed by atoms with Gasteiger partial charge in [-0.25, -0.2) is 5.48 Å². The molecule has 0 aliphatic rings. The van der Waals surface area contributed by atoms with E-state index in [-0.39, 0.29) is 0 Å². The van der Waals surface area contributed by atoms with E-state index in [9.17, 15) is 0 Å². The van der Waals surface area contributed by atoms with Crippen molar-refractivity contribution in [1.82, 2.24) is 5.48 Å². The van der Waals surface area contributed by atoms with Gasteiger partial charge in [0.25, 0.3) is 0 Å². The van der Waals surface area contributed by atoms with E-state index in [2.05, 4.69) is 0 Å². The maximum absolute atomic E-state index is 8.27. The molecule has 0 saturated carbocycles. The van der Waals surface area contributed by atoms with Crippen molar-refractivity contribution in [2.45, 2.75) is 0 Å². The molecular weight excluding hydrogens is 213 g/mol. The zero-order valence-corrected chi connectivity index (χ0v) is 8.27. The van der Waals surface area contributed by atoms with E-state index < -0.39 is 0 Å². The predicted molar refractivity (Wildman–Crippen MR) is 51.7 cm³/mol. The molecule has 0 aliphatic carbocycles. The minimum atomic E-state index is 0.345. The summed E-state index contributed by atoms with van der Waals surface area (Å²) in [5.74, 6) is 0.557. The van der Waals surface area contributed by atoms with Gasteiger partial charge in [-0.05, 0) is 18.2 Å². The van der Waals surface area contributed by atoms with Crippen LogP contribution in [0.2, 0.25) is 10.0 Å². The van der Waals surface area contributed by atoms with Gasteiger partial charge >= 0.3 is 0 Å². The van der Waals surface area contributed by atoms with E-state index in [0.717, 1.165) is 0 Å². The monoisotopic (exact) mass is 221 g/mol. The summed E-state index contributed by atoms with van der Waals surface area (Å²) in [4.78, 5) is 0. The van der Waals surface area contributed by atoms with Crippen LogP contribution in [0, 0.1) is 0 Å².